The summed E-state index contributed by atoms with van der Waals surface area (Å²) in [6.07, 6.45) is 0. The van der Waals surface area contributed by atoms with Crippen molar-refractivity contribution in [2.45, 2.75) is 6.61 Å². The first-order valence-electron chi connectivity index (χ1n) is 4.06. The van der Waals surface area contributed by atoms with Gasteiger partial charge in [0, 0.05) is 4.47 Å². The van der Waals surface area contributed by atoms with Gasteiger partial charge in [-0.25, -0.2) is 4.39 Å². The first-order chi connectivity index (χ1) is 7.25. The normalized spacial score (nSPS) is 10.3. The number of tetrazole rings is 1. The van der Waals surface area contributed by atoms with E-state index in [1.807, 2.05) is 0 Å². The van der Waals surface area contributed by atoms with Crippen LogP contribution < -0.4 is 4.74 Å². The van der Waals surface area contributed by atoms with Crippen molar-refractivity contribution in [3.63, 3.8) is 0 Å². The van der Waals surface area contributed by atoms with Crippen LogP contribution in [0.15, 0.2) is 22.7 Å². The van der Waals surface area contributed by atoms with E-state index in [4.69, 9.17) is 4.74 Å². The first-order valence-corrected chi connectivity index (χ1v) is 4.85. The van der Waals surface area contributed by atoms with E-state index in [1.54, 1.807) is 6.07 Å². The van der Waals surface area contributed by atoms with Gasteiger partial charge in [0.05, 0.1) is 0 Å². The number of rotatable bonds is 3. The average Bonchev–Trinajstić information content (AvgIpc) is 2.72. The standard InChI is InChI=1S/C8H6BrFN4O/c9-5-1-2-6(10)7(3-5)15-4-8-11-13-14-12-8/h1-3H,4H2,(H,11,12,13,14). The van der Waals surface area contributed by atoms with Crippen molar-refractivity contribution in [1.82, 2.24) is 20.6 Å². The van der Waals surface area contributed by atoms with E-state index in [0.717, 1.165) is 4.47 Å². The summed E-state index contributed by atoms with van der Waals surface area (Å²) < 4.78 is 19.1. The van der Waals surface area contributed by atoms with Gasteiger partial charge in [0.1, 0.15) is 0 Å². The maximum atomic E-state index is 13.2. The van der Waals surface area contributed by atoms with Crippen molar-refractivity contribution in [3.8, 4) is 5.75 Å². The fourth-order valence-electron chi connectivity index (χ4n) is 0.974. The molecule has 7 heteroatoms. The van der Waals surface area contributed by atoms with Crippen molar-refractivity contribution in [2.75, 3.05) is 0 Å². The third-order valence-electron chi connectivity index (χ3n) is 1.64. The van der Waals surface area contributed by atoms with Crippen molar-refractivity contribution >= 4 is 15.9 Å². The van der Waals surface area contributed by atoms with Gasteiger partial charge in [0.2, 0.25) is 5.82 Å². The number of hydrogen-bond acceptors (Lipinski definition) is 4. The minimum atomic E-state index is -0.429. The van der Waals surface area contributed by atoms with Crippen molar-refractivity contribution in [3.05, 3.63) is 34.3 Å². The molecule has 0 unspecified atom stereocenters. The average molecular weight is 273 g/mol. The second kappa shape index (κ2) is 4.35. The van der Waals surface area contributed by atoms with Crippen molar-refractivity contribution in [1.29, 1.82) is 0 Å². The summed E-state index contributed by atoms with van der Waals surface area (Å²) >= 11 is 3.22. The summed E-state index contributed by atoms with van der Waals surface area (Å²) in [5.41, 5.74) is 0. The molecule has 1 N–H and O–H groups in total. The molecule has 1 aromatic heterocycles. The van der Waals surface area contributed by atoms with Crippen LogP contribution in [0.4, 0.5) is 4.39 Å². The van der Waals surface area contributed by atoms with Crippen LogP contribution in [0, 0.1) is 5.82 Å². The third-order valence-corrected chi connectivity index (χ3v) is 2.13. The highest BCUT2D eigenvalue weighted by Gasteiger charge is 2.05. The SMILES string of the molecule is Fc1ccc(Br)cc1OCc1nn[nH]n1. The molecular weight excluding hydrogens is 267 g/mol. The molecule has 1 heterocycles. The molecule has 0 aliphatic heterocycles. The van der Waals surface area contributed by atoms with Crippen LogP contribution in [0.5, 0.6) is 5.75 Å². The number of halogens is 2. The van der Waals surface area contributed by atoms with Gasteiger partial charge in [0.25, 0.3) is 0 Å². The number of benzene rings is 1. The molecule has 0 bridgehead atoms. The van der Waals surface area contributed by atoms with Gasteiger partial charge in [-0.1, -0.05) is 21.1 Å². The van der Waals surface area contributed by atoms with Gasteiger partial charge < -0.3 is 4.74 Å². The maximum Gasteiger partial charge on any atom is 0.211 e. The summed E-state index contributed by atoms with van der Waals surface area (Å²) in [7, 11) is 0. The number of nitrogens with zero attached hydrogens (tertiary/aromatic N) is 3. The fraction of sp³-hybridized carbons (Fsp3) is 0.125. The Kier molecular flexibility index (Phi) is 2.91. The van der Waals surface area contributed by atoms with E-state index >= 15 is 0 Å². The predicted octanol–water partition coefficient (Wildman–Crippen LogP) is 1.68. The summed E-state index contributed by atoms with van der Waals surface area (Å²) in [4.78, 5) is 0. The van der Waals surface area contributed by atoms with Gasteiger partial charge >= 0.3 is 0 Å². The molecule has 0 atom stereocenters. The monoisotopic (exact) mass is 272 g/mol. The molecule has 78 valence electrons. The minimum Gasteiger partial charge on any atom is -0.482 e. The fourth-order valence-corrected chi connectivity index (χ4v) is 1.31. The molecule has 1 aromatic carbocycles. The van der Waals surface area contributed by atoms with Gasteiger partial charge in [-0.2, -0.15) is 5.21 Å². The topological polar surface area (TPSA) is 63.7 Å². The zero-order valence-electron chi connectivity index (χ0n) is 7.44. The molecule has 0 radical (unpaired) electrons. The number of aromatic amines is 1. The molecule has 0 saturated carbocycles. The van der Waals surface area contributed by atoms with Crippen LogP contribution in [-0.4, -0.2) is 20.6 Å². The lowest BCUT2D eigenvalue weighted by molar-refractivity contribution is 0.281. The quantitative estimate of drug-likeness (QED) is 0.924. The van der Waals surface area contributed by atoms with Crippen LogP contribution in [0.3, 0.4) is 0 Å². The molecule has 0 spiro atoms. The van der Waals surface area contributed by atoms with E-state index in [-0.39, 0.29) is 12.4 Å². The second-order valence-corrected chi connectivity index (χ2v) is 3.61. The number of nitrogens with one attached hydrogen (secondary N) is 1. The van der Waals surface area contributed by atoms with E-state index in [1.165, 1.54) is 12.1 Å². The lowest BCUT2D eigenvalue weighted by Gasteiger charge is -2.04. The van der Waals surface area contributed by atoms with Crippen molar-refractivity contribution < 1.29 is 9.13 Å². The van der Waals surface area contributed by atoms with Crippen LogP contribution in [0.1, 0.15) is 5.82 Å². The Morgan fingerprint density at radius 2 is 2.33 bits per heavy atom. The maximum absolute atomic E-state index is 13.2. The molecule has 2 aromatic rings. The zero-order valence-corrected chi connectivity index (χ0v) is 9.03. The molecule has 0 fully saturated rings. The largest absolute Gasteiger partial charge is 0.482 e. The van der Waals surface area contributed by atoms with E-state index in [0.29, 0.717) is 5.82 Å². The Hall–Kier alpha value is -1.50. The molecule has 0 amide bonds. The van der Waals surface area contributed by atoms with E-state index in [9.17, 15) is 4.39 Å². The van der Waals surface area contributed by atoms with E-state index in [2.05, 4.69) is 36.6 Å². The van der Waals surface area contributed by atoms with Crippen molar-refractivity contribution in [2.24, 2.45) is 0 Å². The Balaban J connectivity index is 2.07. The van der Waals surface area contributed by atoms with Crippen LogP contribution >= 0.6 is 15.9 Å². The molecule has 0 aliphatic rings. The first kappa shape index (κ1) is 10.0. The summed E-state index contributed by atoms with van der Waals surface area (Å²) in [6, 6.07) is 4.45. The smallest absolute Gasteiger partial charge is 0.211 e. The second-order valence-electron chi connectivity index (χ2n) is 2.69. The number of hydrogen-bond donors (Lipinski definition) is 1. The number of aromatic nitrogens is 4. The lowest BCUT2D eigenvalue weighted by Crippen LogP contribution is -1.99. The van der Waals surface area contributed by atoms with Crippen LogP contribution in [0.2, 0.25) is 0 Å². The Bertz CT molecular complexity index is 448. The molecule has 5 nitrogen and oxygen atoms in total. The lowest BCUT2D eigenvalue weighted by atomic mass is 10.3. The van der Waals surface area contributed by atoms with Crippen LogP contribution in [-0.2, 0) is 6.61 Å². The molecule has 0 aliphatic carbocycles. The summed E-state index contributed by atoms with van der Waals surface area (Å²) in [5.74, 6) is 0.0882. The predicted molar refractivity (Wildman–Crippen MR) is 52.6 cm³/mol. The Labute approximate surface area is 92.8 Å². The number of H-pyrrole nitrogens is 1. The summed E-state index contributed by atoms with van der Waals surface area (Å²) in [5, 5.41) is 13.0. The van der Waals surface area contributed by atoms with Gasteiger partial charge in [0.15, 0.2) is 18.2 Å². The van der Waals surface area contributed by atoms with Gasteiger partial charge in [-0.05, 0) is 18.2 Å². The summed E-state index contributed by atoms with van der Waals surface area (Å²) in [6.45, 7) is 0.0733. The zero-order chi connectivity index (χ0) is 10.7. The third kappa shape index (κ3) is 2.50. The molecule has 2 rings (SSSR count). The Morgan fingerprint density at radius 1 is 1.47 bits per heavy atom. The van der Waals surface area contributed by atoms with Crippen LogP contribution in [0.25, 0.3) is 0 Å². The molecular formula is C8H6BrFN4O. The molecule has 0 saturated heterocycles. The highest BCUT2D eigenvalue weighted by molar-refractivity contribution is 9.10. The van der Waals surface area contributed by atoms with Gasteiger partial charge in [-0.3, -0.25) is 0 Å². The minimum absolute atomic E-state index is 0.0733. The molecule has 15 heavy (non-hydrogen) atoms. The highest BCUT2D eigenvalue weighted by atomic mass is 79.9. The van der Waals surface area contributed by atoms with E-state index < -0.39 is 5.82 Å². The number of ether oxygens (including phenoxy) is 1. The van der Waals surface area contributed by atoms with Gasteiger partial charge in [-0.15, -0.1) is 10.2 Å². The Morgan fingerprint density at radius 3 is 3.07 bits per heavy atom. The highest BCUT2D eigenvalue weighted by Crippen LogP contribution is 2.22.